The number of nitrogens with zero attached hydrogens (tertiary/aromatic N) is 1. The lowest BCUT2D eigenvalue weighted by Crippen LogP contribution is -2.39. The van der Waals surface area contributed by atoms with Gasteiger partial charge in [-0.25, -0.2) is 13.1 Å². The first-order chi connectivity index (χ1) is 9.56. The summed E-state index contributed by atoms with van der Waals surface area (Å²) < 4.78 is 27.8. The fraction of sp³-hybridized carbons (Fsp3) is 0.615. The number of hydrogen-bond acceptors (Lipinski definition) is 5. The van der Waals surface area contributed by atoms with Crippen molar-refractivity contribution < 1.29 is 8.42 Å². The molecule has 0 aliphatic heterocycles. The molecule has 0 bridgehead atoms. The Kier molecular flexibility index (Phi) is 5.29. The van der Waals surface area contributed by atoms with Crippen molar-refractivity contribution in [1.29, 1.82) is 0 Å². The normalized spacial score (nSPS) is 23.5. The minimum atomic E-state index is -3.52. The molecule has 2 N–H and O–H groups in total. The zero-order chi connectivity index (χ0) is 14.6. The van der Waals surface area contributed by atoms with E-state index in [9.17, 15) is 8.42 Å². The second-order valence-corrected chi connectivity index (χ2v) is 7.78. The zero-order valence-electron chi connectivity index (χ0n) is 11.8. The van der Waals surface area contributed by atoms with Crippen LogP contribution in [0.4, 0.5) is 5.69 Å². The highest BCUT2D eigenvalue weighted by Crippen LogP contribution is 2.28. The number of anilines is 1. The van der Waals surface area contributed by atoms with E-state index in [-0.39, 0.29) is 10.9 Å². The van der Waals surface area contributed by atoms with Crippen molar-refractivity contribution in [2.45, 2.75) is 41.9 Å². The van der Waals surface area contributed by atoms with E-state index in [1.807, 2.05) is 11.8 Å². The predicted octanol–water partition coefficient (Wildman–Crippen LogP) is 2.08. The average Bonchev–Trinajstić information content (AvgIpc) is 2.47. The van der Waals surface area contributed by atoms with Gasteiger partial charge in [0.2, 0.25) is 10.0 Å². The molecule has 1 aromatic rings. The highest BCUT2D eigenvalue weighted by atomic mass is 32.2. The monoisotopic (exact) mass is 315 g/mol. The number of aromatic nitrogens is 1. The smallest absolute Gasteiger partial charge is 0.244 e. The molecule has 20 heavy (non-hydrogen) atoms. The molecule has 1 aliphatic carbocycles. The summed E-state index contributed by atoms with van der Waals surface area (Å²) >= 11 is 1.82. The summed E-state index contributed by atoms with van der Waals surface area (Å²) in [6.07, 6.45) is 9.11. The molecular weight excluding hydrogens is 294 g/mol. The van der Waals surface area contributed by atoms with E-state index in [2.05, 4.69) is 21.3 Å². The van der Waals surface area contributed by atoms with E-state index < -0.39 is 10.0 Å². The van der Waals surface area contributed by atoms with Crippen molar-refractivity contribution in [3.05, 3.63) is 18.5 Å². The van der Waals surface area contributed by atoms with E-state index in [0.29, 0.717) is 10.9 Å². The van der Waals surface area contributed by atoms with Gasteiger partial charge in [-0.1, -0.05) is 6.42 Å². The molecule has 0 spiro atoms. The standard InChI is InChI=1S/C13H21N3O2S2/c1-14-12-6-7-15-9-13(12)20(17,18)16-10-4-3-5-11(8-10)19-2/h6-7,9-11,16H,3-5,8H2,1-2H3,(H,14,15). The molecule has 5 nitrogen and oxygen atoms in total. The number of pyridine rings is 1. The SMILES string of the molecule is CNc1ccncc1S(=O)(=O)NC1CCCC(SC)C1. The van der Waals surface area contributed by atoms with Crippen molar-refractivity contribution in [1.82, 2.24) is 9.71 Å². The first kappa shape index (κ1) is 15.6. The maximum Gasteiger partial charge on any atom is 0.244 e. The Morgan fingerprint density at radius 2 is 2.20 bits per heavy atom. The minimum absolute atomic E-state index is 0.0242. The lowest BCUT2D eigenvalue weighted by molar-refractivity contribution is 0.421. The second kappa shape index (κ2) is 6.78. The zero-order valence-corrected chi connectivity index (χ0v) is 13.4. The Labute approximate surface area is 125 Å². The van der Waals surface area contributed by atoms with Crippen LogP contribution in [0.1, 0.15) is 25.7 Å². The van der Waals surface area contributed by atoms with E-state index in [1.54, 1.807) is 19.3 Å². The average molecular weight is 315 g/mol. The fourth-order valence-corrected chi connectivity index (χ4v) is 4.82. The Morgan fingerprint density at radius 3 is 2.90 bits per heavy atom. The van der Waals surface area contributed by atoms with Crippen LogP contribution < -0.4 is 10.0 Å². The van der Waals surface area contributed by atoms with Crippen molar-refractivity contribution in [3.63, 3.8) is 0 Å². The minimum Gasteiger partial charge on any atom is -0.387 e. The van der Waals surface area contributed by atoms with E-state index in [1.165, 1.54) is 12.6 Å². The fourth-order valence-electron chi connectivity index (χ4n) is 2.55. The third-order valence-electron chi connectivity index (χ3n) is 3.62. The quantitative estimate of drug-likeness (QED) is 0.870. The molecule has 1 aromatic heterocycles. The van der Waals surface area contributed by atoms with E-state index >= 15 is 0 Å². The Balaban J connectivity index is 2.14. The first-order valence-corrected chi connectivity index (χ1v) is 9.51. The topological polar surface area (TPSA) is 71.1 Å². The number of nitrogens with one attached hydrogen (secondary N) is 2. The third kappa shape index (κ3) is 3.65. The highest BCUT2D eigenvalue weighted by Gasteiger charge is 2.27. The van der Waals surface area contributed by atoms with E-state index in [0.717, 1.165) is 19.3 Å². The summed E-state index contributed by atoms with van der Waals surface area (Å²) in [5, 5.41) is 3.45. The molecule has 1 saturated carbocycles. The molecule has 112 valence electrons. The van der Waals surface area contributed by atoms with Crippen LogP contribution in [0.25, 0.3) is 0 Å². The van der Waals surface area contributed by atoms with Crippen LogP contribution in [0.2, 0.25) is 0 Å². The van der Waals surface area contributed by atoms with Gasteiger partial charge in [-0.2, -0.15) is 11.8 Å². The van der Waals surface area contributed by atoms with Gasteiger partial charge in [0.25, 0.3) is 0 Å². The van der Waals surface area contributed by atoms with Crippen LogP contribution in [0, 0.1) is 0 Å². The van der Waals surface area contributed by atoms with Gasteiger partial charge in [0, 0.05) is 30.7 Å². The van der Waals surface area contributed by atoms with Gasteiger partial charge in [0.15, 0.2) is 0 Å². The van der Waals surface area contributed by atoms with Crippen molar-refractivity contribution in [2.75, 3.05) is 18.6 Å². The number of hydrogen-bond donors (Lipinski definition) is 2. The van der Waals surface area contributed by atoms with Gasteiger partial charge in [-0.3, -0.25) is 4.98 Å². The van der Waals surface area contributed by atoms with Gasteiger partial charge in [0.1, 0.15) is 4.90 Å². The predicted molar refractivity (Wildman–Crippen MR) is 83.7 cm³/mol. The van der Waals surface area contributed by atoms with Gasteiger partial charge in [-0.05, 0) is 31.6 Å². The van der Waals surface area contributed by atoms with Gasteiger partial charge in [-0.15, -0.1) is 0 Å². The Hall–Kier alpha value is -0.790. The maximum atomic E-state index is 12.5. The van der Waals surface area contributed by atoms with Crippen molar-refractivity contribution in [3.8, 4) is 0 Å². The van der Waals surface area contributed by atoms with Gasteiger partial charge >= 0.3 is 0 Å². The largest absolute Gasteiger partial charge is 0.387 e. The molecule has 1 fully saturated rings. The Bertz CT molecular complexity index is 548. The number of thioether (sulfide) groups is 1. The molecule has 0 saturated heterocycles. The summed E-state index contributed by atoms with van der Waals surface area (Å²) in [4.78, 5) is 4.14. The summed E-state index contributed by atoms with van der Waals surface area (Å²) in [7, 11) is -1.81. The molecule has 0 radical (unpaired) electrons. The first-order valence-electron chi connectivity index (χ1n) is 6.73. The van der Waals surface area contributed by atoms with Crippen LogP contribution >= 0.6 is 11.8 Å². The van der Waals surface area contributed by atoms with Crippen molar-refractivity contribution >= 4 is 27.5 Å². The van der Waals surface area contributed by atoms with Crippen LogP contribution in [0.15, 0.2) is 23.4 Å². The molecule has 7 heteroatoms. The van der Waals surface area contributed by atoms with E-state index in [4.69, 9.17) is 0 Å². The summed E-state index contributed by atoms with van der Waals surface area (Å²) in [5.41, 5.74) is 0.574. The molecule has 2 atom stereocenters. The van der Waals surface area contributed by atoms with Gasteiger partial charge in [0.05, 0.1) is 5.69 Å². The molecule has 0 aromatic carbocycles. The summed E-state index contributed by atoms with van der Waals surface area (Å²) in [5.74, 6) is 0. The van der Waals surface area contributed by atoms with Crippen LogP contribution in [0.3, 0.4) is 0 Å². The van der Waals surface area contributed by atoms with Crippen molar-refractivity contribution in [2.24, 2.45) is 0 Å². The molecular formula is C13H21N3O2S2. The molecule has 1 aliphatic rings. The molecule has 2 rings (SSSR count). The summed E-state index contributed by atoms with van der Waals surface area (Å²) in [6.45, 7) is 0. The third-order valence-corrected chi connectivity index (χ3v) is 6.27. The molecule has 2 unspecified atom stereocenters. The summed E-state index contributed by atoms with van der Waals surface area (Å²) in [6, 6.07) is 1.69. The lowest BCUT2D eigenvalue weighted by atomic mass is 9.96. The molecule has 0 amide bonds. The Morgan fingerprint density at radius 1 is 1.40 bits per heavy atom. The second-order valence-electron chi connectivity index (χ2n) is 4.96. The molecule has 1 heterocycles. The lowest BCUT2D eigenvalue weighted by Gasteiger charge is -2.28. The number of sulfonamides is 1. The maximum absolute atomic E-state index is 12.5. The number of rotatable bonds is 5. The van der Waals surface area contributed by atoms with Crippen LogP contribution in [-0.2, 0) is 10.0 Å². The highest BCUT2D eigenvalue weighted by molar-refractivity contribution is 7.99. The van der Waals surface area contributed by atoms with Crippen LogP contribution in [-0.4, -0.2) is 38.0 Å². The van der Waals surface area contributed by atoms with Gasteiger partial charge < -0.3 is 5.32 Å². The van der Waals surface area contributed by atoms with Crippen LogP contribution in [0.5, 0.6) is 0 Å².